The fourth-order valence-electron chi connectivity index (χ4n) is 4.95. The van der Waals surface area contributed by atoms with Crippen molar-refractivity contribution in [2.45, 2.75) is 31.3 Å². The summed E-state index contributed by atoms with van der Waals surface area (Å²) in [6, 6.07) is 24.3. The number of nitrogens with zero attached hydrogens (tertiary/aromatic N) is 2. The van der Waals surface area contributed by atoms with Crippen molar-refractivity contribution >= 4 is 38.5 Å². The Morgan fingerprint density at radius 1 is 1.00 bits per heavy atom. The molecule has 0 bridgehead atoms. The van der Waals surface area contributed by atoms with E-state index in [9.17, 15) is 13.2 Å². The van der Waals surface area contributed by atoms with Crippen molar-refractivity contribution in [2.24, 2.45) is 5.92 Å². The average molecular weight is 527 g/mol. The highest BCUT2D eigenvalue weighted by molar-refractivity contribution is 7.89. The van der Waals surface area contributed by atoms with Crippen LogP contribution in [0.15, 0.2) is 83.8 Å². The number of ether oxygens (including phenoxy) is 1. The number of rotatable bonds is 6. The quantitative estimate of drug-likeness (QED) is 0.290. The van der Waals surface area contributed by atoms with E-state index in [2.05, 4.69) is 25.1 Å². The van der Waals surface area contributed by atoms with Gasteiger partial charge in [0, 0.05) is 19.5 Å². The van der Waals surface area contributed by atoms with Gasteiger partial charge in [-0.3, -0.25) is 0 Å². The molecule has 1 heterocycles. The first-order chi connectivity index (χ1) is 18.2. The molecule has 194 valence electrons. The van der Waals surface area contributed by atoms with E-state index < -0.39 is 16.0 Å². The second kappa shape index (κ2) is 10.5. The second-order valence-corrected chi connectivity index (χ2v) is 12.1. The maximum absolute atomic E-state index is 13.7. The number of carbonyl (C=O) groups excluding carboxylic acids is 1. The van der Waals surface area contributed by atoms with Crippen LogP contribution in [0.4, 0.5) is 0 Å². The largest absolute Gasteiger partial charge is 0.457 e. The zero-order valence-electron chi connectivity index (χ0n) is 21.7. The number of hydrogen-bond acceptors (Lipinski definition) is 5. The average Bonchev–Trinajstić information content (AvgIpc) is 2.91. The summed E-state index contributed by atoms with van der Waals surface area (Å²) in [5.74, 6) is -0.103. The Morgan fingerprint density at radius 2 is 1.74 bits per heavy atom. The van der Waals surface area contributed by atoms with Gasteiger partial charge in [0.15, 0.2) is 0 Å². The SMILES string of the molecule is C[C@@H]1C/C(=C/c2ccccc2)c2nc3ccccc3c(C(=O)OCc3cccc(S(=O)(=O)N(C)C)c3)c2C1. The lowest BCUT2D eigenvalue weighted by Gasteiger charge is -2.26. The van der Waals surface area contributed by atoms with Crippen molar-refractivity contribution in [3.63, 3.8) is 0 Å². The molecule has 7 heteroatoms. The number of aromatic nitrogens is 1. The van der Waals surface area contributed by atoms with Crippen LogP contribution in [0.3, 0.4) is 0 Å². The van der Waals surface area contributed by atoms with Crippen LogP contribution >= 0.6 is 0 Å². The fourth-order valence-corrected chi connectivity index (χ4v) is 5.92. The number of esters is 1. The molecule has 1 aromatic heterocycles. The van der Waals surface area contributed by atoms with E-state index in [-0.39, 0.29) is 11.5 Å². The minimum atomic E-state index is -3.59. The van der Waals surface area contributed by atoms with E-state index in [0.29, 0.717) is 17.0 Å². The Morgan fingerprint density at radius 3 is 2.50 bits per heavy atom. The van der Waals surface area contributed by atoms with Gasteiger partial charge in [0.2, 0.25) is 10.0 Å². The van der Waals surface area contributed by atoms with Crippen LogP contribution in [0, 0.1) is 5.92 Å². The van der Waals surface area contributed by atoms with Crippen LogP contribution in [0.5, 0.6) is 0 Å². The molecule has 1 aliphatic rings. The summed E-state index contributed by atoms with van der Waals surface area (Å²) in [7, 11) is -0.616. The minimum absolute atomic E-state index is 0.0384. The Labute approximate surface area is 223 Å². The molecule has 1 aliphatic carbocycles. The number of fused-ring (bicyclic) bond motifs is 2. The number of sulfonamides is 1. The van der Waals surface area contributed by atoms with Gasteiger partial charge in [-0.1, -0.05) is 67.6 Å². The summed E-state index contributed by atoms with van der Waals surface area (Å²) in [4.78, 5) is 18.8. The highest BCUT2D eigenvalue weighted by atomic mass is 32.2. The molecule has 0 saturated heterocycles. The Kier molecular flexibility index (Phi) is 7.15. The molecular formula is C31H30N2O4S. The summed E-state index contributed by atoms with van der Waals surface area (Å²) in [5.41, 5.74) is 5.82. The minimum Gasteiger partial charge on any atom is -0.457 e. The van der Waals surface area contributed by atoms with Crippen LogP contribution in [0.25, 0.3) is 22.6 Å². The summed E-state index contributed by atoms with van der Waals surface area (Å²) < 4.78 is 32.1. The van der Waals surface area contributed by atoms with Crippen molar-refractivity contribution in [1.82, 2.24) is 9.29 Å². The van der Waals surface area contributed by atoms with Gasteiger partial charge in [0.25, 0.3) is 0 Å². The molecule has 4 aromatic rings. The molecule has 38 heavy (non-hydrogen) atoms. The topological polar surface area (TPSA) is 76.6 Å². The number of pyridine rings is 1. The number of allylic oxidation sites excluding steroid dienone is 1. The molecule has 0 aliphatic heterocycles. The third kappa shape index (κ3) is 5.12. The van der Waals surface area contributed by atoms with Crippen molar-refractivity contribution < 1.29 is 17.9 Å². The second-order valence-electron chi connectivity index (χ2n) is 9.94. The molecule has 5 rings (SSSR count). The van der Waals surface area contributed by atoms with Crippen molar-refractivity contribution in [2.75, 3.05) is 14.1 Å². The van der Waals surface area contributed by atoms with Gasteiger partial charge < -0.3 is 4.74 Å². The third-order valence-electron chi connectivity index (χ3n) is 6.81. The van der Waals surface area contributed by atoms with Crippen molar-refractivity contribution in [3.05, 3.63) is 107 Å². The number of hydrogen-bond donors (Lipinski definition) is 0. The molecule has 3 aromatic carbocycles. The Hall–Kier alpha value is -3.81. The fraction of sp³-hybridized carbons (Fsp3) is 0.226. The first-order valence-corrected chi connectivity index (χ1v) is 14.0. The first kappa shape index (κ1) is 25.8. The van der Waals surface area contributed by atoms with Gasteiger partial charge in [0.05, 0.1) is 21.7 Å². The maximum atomic E-state index is 13.7. The summed E-state index contributed by atoms with van der Waals surface area (Å²) in [6.07, 6.45) is 3.75. The number of benzene rings is 3. The van der Waals surface area contributed by atoms with Gasteiger partial charge >= 0.3 is 5.97 Å². The molecule has 0 fully saturated rings. The predicted octanol–water partition coefficient (Wildman–Crippen LogP) is 5.97. The molecule has 0 saturated carbocycles. The van der Waals surface area contributed by atoms with Gasteiger partial charge in [-0.2, -0.15) is 0 Å². The Bertz CT molecular complexity index is 1640. The van der Waals surface area contributed by atoms with Crippen LogP contribution in [-0.4, -0.2) is 37.8 Å². The number of carbonyl (C=O) groups is 1. The van der Waals surface area contributed by atoms with E-state index in [4.69, 9.17) is 9.72 Å². The summed E-state index contributed by atoms with van der Waals surface area (Å²) in [6.45, 7) is 2.14. The van der Waals surface area contributed by atoms with Crippen LogP contribution < -0.4 is 0 Å². The third-order valence-corrected chi connectivity index (χ3v) is 8.62. The molecular weight excluding hydrogens is 496 g/mol. The molecule has 0 amide bonds. The van der Waals surface area contributed by atoms with Crippen LogP contribution in [0.1, 0.15) is 46.1 Å². The van der Waals surface area contributed by atoms with E-state index in [1.165, 1.54) is 20.2 Å². The maximum Gasteiger partial charge on any atom is 0.339 e. The van der Waals surface area contributed by atoms with Gasteiger partial charge in [0.1, 0.15) is 6.61 Å². The lowest BCUT2D eigenvalue weighted by Crippen LogP contribution is -2.22. The zero-order valence-corrected chi connectivity index (χ0v) is 22.5. The lowest BCUT2D eigenvalue weighted by atomic mass is 9.80. The summed E-state index contributed by atoms with van der Waals surface area (Å²) >= 11 is 0. The molecule has 0 radical (unpaired) electrons. The molecule has 1 atom stereocenters. The zero-order chi connectivity index (χ0) is 26.9. The van der Waals surface area contributed by atoms with E-state index in [0.717, 1.165) is 50.4 Å². The lowest BCUT2D eigenvalue weighted by molar-refractivity contribution is 0.0473. The summed E-state index contributed by atoms with van der Waals surface area (Å²) in [5, 5.41) is 0.758. The van der Waals surface area contributed by atoms with Gasteiger partial charge in [-0.25, -0.2) is 22.5 Å². The van der Waals surface area contributed by atoms with Gasteiger partial charge in [-0.05, 0) is 65.3 Å². The van der Waals surface area contributed by atoms with E-state index in [1.807, 2.05) is 42.5 Å². The monoisotopic (exact) mass is 526 g/mol. The highest BCUT2D eigenvalue weighted by Gasteiger charge is 2.29. The van der Waals surface area contributed by atoms with Crippen molar-refractivity contribution in [3.8, 4) is 0 Å². The van der Waals surface area contributed by atoms with Crippen LogP contribution in [0.2, 0.25) is 0 Å². The molecule has 0 unspecified atom stereocenters. The predicted molar refractivity (Wildman–Crippen MR) is 150 cm³/mol. The normalized spacial score (nSPS) is 16.5. The number of para-hydroxylation sites is 1. The molecule has 6 nitrogen and oxygen atoms in total. The van der Waals surface area contributed by atoms with Gasteiger partial charge in [-0.15, -0.1) is 0 Å². The van der Waals surface area contributed by atoms with E-state index in [1.54, 1.807) is 18.2 Å². The molecule has 0 spiro atoms. The highest BCUT2D eigenvalue weighted by Crippen LogP contribution is 2.38. The van der Waals surface area contributed by atoms with Crippen LogP contribution in [-0.2, 0) is 27.8 Å². The first-order valence-electron chi connectivity index (χ1n) is 12.6. The Balaban J connectivity index is 1.54. The molecule has 0 N–H and O–H groups in total. The smallest absolute Gasteiger partial charge is 0.339 e. The van der Waals surface area contributed by atoms with Crippen molar-refractivity contribution in [1.29, 1.82) is 0 Å². The van der Waals surface area contributed by atoms with E-state index >= 15 is 0 Å². The standard InChI is InChI=1S/C31H30N2O4S/c1-21-16-24(18-22-10-5-4-6-11-22)30-27(17-21)29(26-14-7-8-15-28(26)32-30)31(34)37-20-23-12-9-13-25(19-23)38(35,36)33(2)3/h4-15,18-19,21H,16-17,20H2,1-3H3/b24-18-/t21-/m1/s1.